The number of anilines is 3. The Bertz CT molecular complexity index is 1410. The molecule has 260 valence electrons. The van der Waals surface area contributed by atoms with Crippen LogP contribution < -0.4 is 15.1 Å². The Morgan fingerprint density at radius 1 is 0.574 bits per heavy atom. The van der Waals surface area contributed by atoms with Crippen LogP contribution in [0.5, 0.6) is 0 Å². The molecule has 4 aromatic rings. The van der Waals surface area contributed by atoms with E-state index in [0.29, 0.717) is 6.54 Å². The minimum Gasteiger partial charge on any atom is -0.385 e. The predicted octanol–water partition coefficient (Wildman–Crippen LogP) is 12.3. The van der Waals surface area contributed by atoms with Gasteiger partial charge in [0.2, 0.25) is 0 Å². The molecule has 0 spiro atoms. The van der Waals surface area contributed by atoms with Crippen molar-refractivity contribution in [2.75, 3.05) is 47.8 Å². The Kier molecular flexibility index (Phi) is 19.4. The van der Waals surface area contributed by atoms with Crippen molar-refractivity contribution in [2.45, 2.75) is 94.7 Å². The van der Waals surface area contributed by atoms with Gasteiger partial charge in [-0.3, -0.25) is 0 Å². The SMILES string of the molecule is CCC.CCN(CC)c1ccc(C)c(C)c1.CCN(CC)c1ccc(C)cc1.Cc1ccc(NCCCC(F)(F)F)c2ccccc12. The highest BCUT2D eigenvalue weighted by Crippen LogP contribution is 2.27. The molecule has 0 aliphatic heterocycles. The number of nitrogens with zero attached hydrogens (tertiary/aromatic N) is 2. The molecular formula is C41H60F3N3. The first kappa shape index (κ1) is 41.4. The zero-order valence-corrected chi connectivity index (χ0v) is 30.7. The summed E-state index contributed by atoms with van der Waals surface area (Å²) < 4.78 is 36.2. The van der Waals surface area contributed by atoms with E-state index in [4.69, 9.17) is 0 Å². The van der Waals surface area contributed by atoms with E-state index in [1.54, 1.807) is 0 Å². The van der Waals surface area contributed by atoms with Crippen molar-refractivity contribution in [1.29, 1.82) is 0 Å². The van der Waals surface area contributed by atoms with E-state index in [1.165, 1.54) is 34.5 Å². The number of halogens is 3. The summed E-state index contributed by atoms with van der Waals surface area (Å²) in [7, 11) is 0. The summed E-state index contributed by atoms with van der Waals surface area (Å²) in [5.41, 5.74) is 8.80. The van der Waals surface area contributed by atoms with Crippen LogP contribution in [0.3, 0.4) is 0 Å². The molecule has 0 atom stereocenters. The Morgan fingerprint density at radius 2 is 1.06 bits per heavy atom. The predicted molar refractivity (Wildman–Crippen MR) is 203 cm³/mol. The van der Waals surface area contributed by atoms with Crippen LogP contribution in [-0.2, 0) is 0 Å². The lowest BCUT2D eigenvalue weighted by Gasteiger charge is -2.21. The van der Waals surface area contributed by atoms with Gasteiger partial charge in [-0.15, -0.1) is 0 Å². The highest BCUT2D eigenvalue weighted by molar-refractivity contribution is 5.95. The van der Waals surface area contributed by atoms with Crippen molar-refractivity contribution in [3.05, 3.63) is 101 Å². The molecule has 0 radical (unpaired) electrons. The van der Waals surface area contributed by atoms with Crippen molar-refractivity contribution >= 4 is 27.8 Å². The van der Waals surface area contributed by atoms with E-state index < -0.39 is 12.6 Å². The minimum absolute atomic E-state index is 0.0890. The van der Waals surface area contributed by atoms with E-state index in [1.807, 2.05) is 43.3 Å². The number of nitrogens with one attached hydrogen (secondary N) is 1. The lowest BCUT2D eigenvalue weighted by molar-refractivity contribution is -0.134. The smallest absolute Gasteiger partial charge is 0.385 e. The first-order valence-corrected chi connectivity index (χ1v) is 17.3. The van der Waals surface area contributed by atoms with Crippen LogP contribution in [0.4, 0.5) is 30.2 Å². The van der Waals surface area contributed by atoms with Crippen molar-refractivity contribution in [3.8, 4) is 0 Å². The Morgan fingerprint density at radius 3 is 1.57 bits per heavy atom. The number of hydrogen-bond donors (Lipinski definition) is 1. The summed E-state index contributed by atoms with van der Waals surface area (Å²) >= 11 is 0. The summed E-state index contributed by atoms with van der Waals surface area (Å²) in [5.74, 6) is 0. The quantitative estimate of drug-likeness (QED) is 0.172. The Hall–Kier alpha value is -3.67. The van der Waals surface area contributed by atoms with Gasteiger partial charge in [0.25, 0.3) is 0 Å². The standard InChI is InChI=1S/C15H16F3N.C12H19N.C11H17N.C3H8/c1-11-7-8-14(13-6-3-2-5-12(11)13)19-10-4-9-15(16,17)18;1-5-13(6-2)12-8-7-10(3)11(4)9-12;1-4-12(5-2)11-8-6-10(3)7-9-11;1-3-2/h2-3,5-8,19H,4,9-10H2,1H3;7-9H,5-6H2,1-4H3;6-9H,4-5H2,1-3H3;3H2,1-2H3. The number of benzene rings is 4. The molecule has 1 N–H and O–H groups in total. The van der Waals surface area contributed by atoms with Crippen LogP contribution in [0.1, 0.15) is 83.1 Å². The van der Waals surface area contributed by atoms with Gasteiger partial charge in [-0.05, 0) is 114 Å². The van der Waals surface area contributed by atoms with Crippen LogP contribution in [0, 0.1) is 27.7 Å². The number of alkyl halides is 3. The molecular weight excluding hydrogens is 591 g/mol. The molecule has 0 unspecified atom stereocenters. The summed E-state index contributed by atoms with van der Waals surface area (Å²) in [6, 6.07) is 27.2. The summed E-state index contributed by atoms with van der Waals surface area (Å²) in [5, 5.41) is 5.27. The molecule has 4 aromatic carbocycles. The average molecular weight is 652 g/mol. The maximum Gasteiger partial charge on any atom is 0.389 e. The molecule has 0 saturated heterocycles. The van der Waals surface area contributed by atoms with Crippen molar-refractivity contribution in [1.82, 2.24) is 0 Å². The molecule has 6 heteroatoms. The van der Waals surface area contributed by atoms with Gasteiger partial charge in [0.15, 0.2) is 0 Å². The topological polar surface area (TPSA) is 18.5 Å². The summed E-state index contributed by atoms with van der Waals surface area (Å²) in [6.45, 7) is 26.1. The number of fused-ring (bicyclic) bond motifs is 1. The second-order valence-electron chi connectivity index (χ2n) is 11.8. The zero-order valence-electron chi connectivity index (χ0n) is 30.7. The molecule has 47 heavy (non-hydrogen) atoms. The van der Waals surface area contributed by atoms with E-state index >= 15 is 0 Å². The van der Waals surface area contributed by atoms with Crippen LogP contribution in [0.15, 0.2) is 78.9 Å². The fourth-order valence-electron chi connectivity index (χ4n) is 4.97. The molecule has 0 aliphatic carbocycles. The van der Waals surface area contributed by atoms with Crippen LogP contribution >= 0.6 is 0 Å². The van der Waals surface area contributed by atoms with Gasteiger partial charge in [0, 0.05) is 61.6 Å². The first-order chi connectivity index (χ1) is 22.3. The van der Waals surface area contributed by atoms with Gasteiger partial charge in [-0.1, -0.05) is 74.4 Å². The van der Waals surface area contributed by atoms with Crippen molar-refractivity contribution < 1.29 is 13.2 Å². The molecule has 4 rings (SSSR count). The third-order valence-electron chi connectivity index (χ3n) is 7.88. The third kappa shape index (κ3) is 15.2. The van der Waals surface area contributed by atoms with Gasteiger partial charge < -0.3 is 15.1 Å². The Labute approximate surface area is 284 Å². The second-order valence-corrected chi connectivity index (χ2v) is 11.8. The number of rotatable bonds is 10. The molecule has 0 fully saturated rings. The molecule has 0 heterocycles. The molecule has 0 bridgehead atoms. The normalized spacial score (nSPS) is 10.5. The minimum atomic E-state index is -4.07. The average Bonchev–Trinajstić information content (AvgIpc) is 3.05. The molecule has 0 amide bonds. The van der Waals surface area contributed by atoms with E-state index in [2.05, 4.69) is 120 Å². The molecule has 0 aliphatic rings. The fourth-order valence-corrected chi connectivity index (χ4v) is 4.97. The summed E-state index contributed by atoms with van der Waals surface area (Å²) in [4.78, 5) is 4.71. The monoisotopic (exact) mass is 651 g/mol. The fraction of sp³-hybridized carbons (Fsp3) is 0.463. The molecule has 3 nitrogen and oxygen atoms in total. The van der Waals surface area contributed by atoms with E-state index in [9.17, 15) is 13.2 Å². The lowest BCUT2D eigenvalue weighted by Crippen LogP contribution is -2.21. The van der Waals surface area contributed by atoms with E-state index in [0.717, 1.165) is 48.2 Å². The third-order valence-corrected chi connectivity index (χ3v) is 7.88. The summed E-state index contributed by atoms with van der Waals surface area (Å²) in [6.07, 6.45) is -3.48. The largest absolute Gasteiger partial charge is 0.389 e. The Balaban J connectivity index is 0.000000349. The van der Waals surface area contributed by atoms with Gasteiger partial charge >= 0.3 is 6.18 Å². The zero-order chi connectivity index (χ0) is 35.4. The molecule has 0 saturated carbocycles. The second kappa shape index (κ2) is 22.0. The van der Waals surface area contributed by atoms with Gasteiger partial charge in [0.1, 0.15) is 0 Å². The molecule has 0 aromatic heterocycles. The maximum absolute atomic E-state index is 12.1. The van der Waals surface area contributed by atoms with Gasteiger partial charge in [0.05, 0.1) is 0 Å². The number of hydrogen-bond acceptors (Lipinski definition) is 3. The van der Waals surface area contributed by atoms with Crippen molar-refractivity contribution in [3.63, 3.8) is 0 Å². The van der Waals surface area contributed by atoms with Crippen LogP contribution in [-0.4, -0.2) is 38.9 Å². The van der Waals surface area contributed by atoms with Gasteiger partial charge in [-0.2, -0.15) is 13.2 Å². The van der Waals surface area contributed by atoms with Gasteiger partial charge in [-0.25, -0.2) is 0 Å². The van der Waals surface area contributed by atoms with Crippen LogP contribution in [0.2, 0.25) is 0 Å². The highest BCUT2D eigenvalue weighted by Gasteiger charge is 2.25. The lowest BCUT2D eigenvalue weighted by atomic mass is 10.0. The maximum atomic E-state index is 12.1. The number of aryl methyl sites for hydroxylation is 4. The van der Waals surface area contributed by atoms with E-state index in [-0.39, 0.29) is 6.42 Å². The first-order valence-electron chi connectivity index (χ1n) is 17.3. The van der Waals surface area contributed by atoms with Crippen LogP contribution in [0.25, 0.3) is 10.8 Å². The van der Waals surface area contributed by atoms with Crippen molar-refractivity contribution in [2.24, 2.45) is 0 Å². The highest BCUT2D eigenvalue weighted by atomic mass is 19.4.